The molecule has 0 fully saturated rings. The van der Waals surface area contributed by atoms with Crippen LogP contribution in [0, 0.1) is 0 Å². The van der Waals surface area contributed by atoms with Gasteiger partial charge < -0.3 is 10.4 Å². The summed E-state index contributed by atoms with van der Waals surface area (Å²) >= 11 is 1.60. The van der Waals surface area contributed by atoms with Crippen molar-refractivity contribution in [1.29, 1.82) is 0 Å². The first-order chi connectivity index (χ1) is 11.7. The van der Waals surface area contributed by atoms with E-state index in [1.807, 2.05) is 23.6 Å². The van der Waals surface area contributed by atoms with Gasteiger partial charge in [-0.15, -0.1) is 11.3 Å². The molecule has 0 spiro atoms. The van der Waals surface area contributed by atoms with Crippen LogP contribution in [0.15, 0.2) is 60.2 Å². The number of anilines is 1. The summed E-state index contributed by atoms with van der Waals surface area (Å²) in [5.74, 6) is -0.239. The number of thiophene rings is 1. The molecule has 0 radical (unpaired) electrons. The molecule has 0 unspecified atom stereocenters. The van der Waals surface area contributed by atoms with Crippen molar-refractivity contribution >= 4 is 28.6 Å². The van der Waals surface area contributed by atoms with Crippen LogP contribution in [0.4, 0.5) is 5.69 Å². The van der Waals surface area contributed by atoms with Crippen molar-refractivity contribution in [3.8, 4) is 16.3 Å². The standard InChI is InChI=1S/C17H12N4O2S/c22-12-4-1-3-11(9-12)20-17(23)13-10-19-21-14(6-7-18-16(13)21)15-5-2-8-24-15/h1-10,22H,(H,20,23). The van der Waals surface area contributed by atoms with Gasteiger partial charge in [-0.2, -0.15) is 5.10 Å². The number of aromatic hydroxyl groups is 1. The average molecular weight is 336 g/mol. The average Bonchev–Trinajstić information content (AvgIpc) is 3.24. The molecular weight excluding hydrogens is 324 g/mol. The Morgan fingerprint density at radius 1 is 1.21 bits per heavy atom. The van der Waals surface area contributed by atoms with Crippen molar-refractivity contribution < 1.29 is 9.90 Å². The molecule has 24 heavy (non-hydrogen) atoms. The molecule has 0 aliphatic heterocycles. The van der Waals surface area contributed by atoms with Crippen LogP contribution in [-0.4, -0.2) is 25.6 Å². The molecule has 2 N–H and O–H groups in total. The van der Waals surface area contributed by atoms with Gasteiger partial charge in [0.2, 0.25) is 0 Å². The van der Waals surface area contributed by atoms with E-state index >= 15 is 0 Å². The highest BCUT2D eigenvalue weighted by atomic mass is 32.1. The quantitative estimate of drug-likeness (QED) is 0.601. The fourth-order valence-electron chi connectivity index (χ4n) is 2.44. The monoisotopic (exact) mass is 336 g/mol. The van der Waals surface area contributed by atoms with Crippen LogP contribution in [0.25, 0.3) is 16.2 Å². The molecule has 1 amide bonds. The normalized spacial score (nSPS) is 10.8. The van der Waals surface area contributed by atoms with Crippen LogP contribution in [0.3, 0.4) is 0 Å². The Morgan fingerprint density at radius 2 is 2.12 bits per heavy atom. The van der Waals surface area contributed by atoms with E-state index in [-0.39, 0.29) is 11.7 Å². The highest BCUT2D eigenvalue weighted by molar-refractivity contribution is 7.13. The van der Waals surface area contributed by atoms with Gasteiger partial charge in [-0.25, -0.2) is 9.50 Å². The number of phenolic OH excluding ortho intramolecular Hbond substituents is 1. The zero-order valence-electron chi connectivity index (χ0n) is 12.4. The third-order valence-corrected chi connectivity index (χ3v) is 4.42. The van der Waals surface area contributed by atoms with E-state index in [1.54, 1.807) is 40.2 Å². The summed E-state index contributed by atoms with van der Waals surface area (Å²) in [5, 5.41) is 18.5. The van der Waals surface area contributed by atoms with Gasteiger partial charge in [0.15, 0.2) is 5.65 Å². The number of phenols is 1. The maximum atomic E-state index is 12.5. The molecule has 3 aromatic heterocycles. The van der Waals surface area contributed by atoms with Gasteiger partial charge in [0.05, 0.1) is 16.8 Å². The van der Waals surface area contributed by atoms with Crippen molar-refractivity contribution in [2.45, 2.75) is 0 Å². The first-order valence-corrected chi connectivity index (χ1v) is 8.07. The van der Waals surface area contributed by atoms with E-state index in [4.69, 9.17) is 0 Å². The molecule has 0 bridgehead atoms. The van der Waals surface area contributed by atoms with Crippen LogP contribution in [0.2, 0.25) is 0 Å². The molecule has 3 heterocycles. The van der Waals surface area contributed by atoms with E-state index in [2.05, 4.69) is 15.4 Å². The van der Waals surface area contributed by atoms with E-state index in [0.717, 1.165) is 10.6 Å². The van der Waals surface area contributed by atoms with Gasteiger partial charge in [0.25, 0.3) is 5.91 Å². The molecule has 0 aliphatic carbocycles. The first kappa shape index (κ1) is 14.4. The van der Waals surface area contributed by atoms with Crippen LogP contribution >= 0.6 is 11.3 Å². The van der Waals surface area contributed by atoms with Crippen molar-refractivity contribution in [2.75, 3.05) is 5.32 Å². The summed E-state index contributed by atoms with van der Waals surface area (Å²) in [5.41, 5.74) is 2.25. The van der Waals surface area contributed by atoms with Gasteiger partial charge in [-0.1, -0.05) is 12.1 Å². The Labute approximate surface area is 141 Å². The Morgan fingerprint density at radius 3 is 2.92 bits per heavy atom. The van der Waals surface area contributed by atoms with Gasteiger partial charge in [0.1, 0.15) is 11.3 Å². The number of carbonyl (C=O) groups excluding carboxylic acids is 1. The maximum Gasteiger partial charge on any atom is 0.261 e. The number of rotatable bonds is 3. The minimum atomic E-state index is -0.327. The van der Waals surface area contributed by atoms with E-state index in [0.29, 0.717) is 16.9 Å². The lowest BCUT2D eigenvalue weighted by Crippen LogP contribution is -2.12. The number of benzene rings is 1. The zero-order chi connectivity index (χ0) is 16.5. The number of nitrogens with one attached hydrogen (secondary N) is 1. The predicted molar refractivity (Wildman–Crippen MR) is 92.4 cm³/mol. The lowest BCUT2D eigenvalue weighted by Gasteiger charge is -2.05. The molecule has 4 aromatic rings. The highest BCUT2D eigenvalue weighted by Crippen LogP contribution is 2.25. The second kappa shape index (κ2) is 5.78. The topological polar surface area (TPSA) is 79.5 Å². The summed E-state index contributed by atoms with van der Waals surface area (Å²) in [7, 11) is 0. The van der Waals surface area contributed by atoms with Crippen molar-refractivity contribution in [3.05, 3.63) is 65.8 Å². The maximum absolute atomic E-state index is 12.5. The summed E-state index contributed by atoms with van der Waals surface area (Å²) in [6.45, 7) is 0. The number of carbonyl (C=O) groups is 1. The zero-order valence-corrected chi connectivity index (χ0v) is 13.2. The molecule has 0 aliphatic rings. The van der Waals surface area contributed by atoms with Crippen LogP contribution in [-0.2, 0) is 0 Å². The number of nitrogens with zero attached hydrogens (tertiary/aromatic N) is 3. The molecule has 6 nitrogen and oxygen atoms in total. The second-order valence-corrected chi connectivity index (χ2v) is 6.05. The van der Waals surface area contributed by atoms with Crippen LogP contribution < -0.4 is 5.32 Å². The van der Waals surface area contributed by atoms with Crippen molar-refractivity contribution in [1.82, 2.24) is 14.6 Å². The third kappa shape index (κ3) is 2.50. The minimum Gasteiger partial charge on any atom is -0.508 e. The largest absolute Gasteiger partial charge is 0.508 e. The van der Waals surface area contributed by atoms with E-state index in [1.165, 1.54) is 12.3 Å². The molecule has 1 aromatic carbocycles. The minimum absolute atomic E-state index is 0.0887. The number of hydrogen-bond acceptors (Lipinski definition) is 5. The number of amides is 1. The Kier molecular flexibility index (Phi) is 3.47. The SMILES string of the molecule is O=C(Nc1cccc(O)c1)c1cnn2c(-c3cccs3)ccnc12. The molecule has 4 rings (SSSR count). The number of hydrogen-bond donors (Lipinski definition) is 2. The van der Waals surface area contributed by atoms with E-state index in [9.17, 15) is 9.90 Å². The molecule has 0 saturated heterocycles. The Bertz CT molecular complexity index is 1020. The lowest BCUT2D eigenvalue weighted by atomic mass is 10.2. The van der Waals surface area contributed by atoms with Gasteiger partial charge in [-0.3, -0.25) is 4.79 Å². The summed E-state index contributed by atoms with van der Waals surface area (Å²) in [6.07, 6.45) is 3.16. The molecule has 0 atom stereocenters. The Balaban J connectivity index is 1.73. The smallest absolute Gasteiger partial charge is 0.261 e. The number of fused-ring (bicyclic) bond motifs is 1. The lowest BCUT2D eigenvalue weighted by molar-refractivity contribution is 0.102. The fraction of sp³-hybridized carbons (Fsp3) is 0. The Hall–Kier alpha value is -3.19. The summed E-state index contributed by atoms with van der Waals surface area (Å²) < 4.78 is 1.66. The van der Waals surface area contributed by atoms with Crippen molar-refractivity contribution in [2.24, 2.45) is 0 Å². The van der Waals surface area contributed by atoms with Crippen molar-refractivity contribution in [3.63, 3.8) is 0 Å². The summed E-state index contributed by atoms with van der Waals surface area (Å²) in [6, 6.07) is 12.2. The summed E-state index contributed by atoms with van der Waals surface area (Å²) in [4.78, 5) is 17.8. The van der Waals surface area contributed by atoms with E-state index < -0.39 is 0 Å². The molecule has 7 heteroatoms. The predicted octanol–water partition coefficient (Wildman–Crippen LogP) is 3.42. The van der Waals surface area contributed by atoms with Gasteiger partial charge >= 0.3 is 0 Å². The second-order valence-electron chi connectivity index (χ2n) is 5.11. The fourth-order valence-corrected chi connectivity index (χ4v) is 3.18. The molecule has 0 saturated carbocycles. The van der Waals surface area contributed by atoms with Gasteiger partial charge in [-0.05, 0) is 29.6 Å². The number of aromatic nitrogens is 3. The highest BCUT2D eigenvalue weighted by Gasteiger charge is 2.16. The van der Waals surface area contributed by atoms with Crippen LogP contribution in [0.1, 0.15) is 10.4 Å². The van der Waals surface area contributed by atoms with Gasteiger partial charge in [0, 0.05) is 18.0 Å². The molecule has 118 valence electrons. The molecular formula is C17H12N4O2S. The first-order valence-electron chi connectivity index (χ1n) is 7.19. The third-order valence-electron chi connectivity index (χ3n) is 3.52. The van der Waals surface area contributed by atoms with Crippen LogP contribution in [0.5, 0.6) is 5.75 Å².